The molecular weight excluding hydrogens is 364 g/mol. The largest absolute Gasteiger partial charge is 0.303 e. The topological polar surface area (TPSA) is 6.48 Å². The Kier molecular flexibility index (Phi) is 9.40. The van der Waals surface area contributed by atoms with Crippen molar-refractivity contribution in [2.45, 2.75) is 38.5 Å². The van der Waals surface area contributed by atoms with Crippen LogP contribution in [0.15, 0.2) is 61.7 Å². The first kappa shape index (κ1) is 22.5. The van der Waals surface area contributed by atoms with E-state index in [2.05, 4.69) is 71.5 Å². The fourth-order valence-electron chi connectivity index (χ4n) is 4.34. The predicted octanol–water partition coefficient (Wildman–Crippen LogP) is 5.94. The molecule has 0 aliphatic carbocycles. The SMILES string of the molecule is C=Cc1cccc(CCN2CCCC2)c1.C=Cc1cccc(CCN2CCCC2)c1. The Morgan fingerprint density at radius 1 is 0.633 bits per heavy atom. The van der Waals surface area contributed by atoms with Crippen LogP contribution in [0.2, 0.25) is 0 Å². The van der Waals surface area contributed by atoms with E-state index in [0.29, 0.717) is 0 Å². The van der Waals surface area contributed by atoms with E-state index in [-0.39, 0.29) is 0 Å². The first-order valence-electron chi connectivity index (χ1n) is 11.6. The molecule has 160 valence electrons. The van der Waals surface area contributed by atoms with E-state index in [9.17, 15) is 0 Å². The van der Waals surface area contributed by atoms with Crippen LogP contribution < -0.4 is 0 Å². The van der Waals surface area contributed by atoms with Gasteiger partial charge in [-0.25, -0.2) is 0 Å². The van der Waals surface area contributed by atoms with Crippen LogP contribution >= 0.6 is 0 Å². The van der Waals surface area contributed by atoms with E-state index in [1.165, 1.54) is 100 Å². The maximum atomic E-state index is 3.80. The second-order valence-corrected chi connectivity index (χ2v) is 8.50. The van der Waals surface area contributed by atoms with E-state index < -0.39 is 0 Å². The van der Waals surface area contributed by atoms with E-state index in [0.717, 1.165) is 0 Å². The molecule has 2 fully saturated rings. The van der Waals surface area contributed by atoms with Gasteiger partial charge in [0, 0.05) is 13.1 Å². The quantitative estimate of drug-likeness (QED) is 0.539. The molecule has 4 rings (SSSR count). The molecule has 2 saturated heterocycles. The van der Waals surface area contributed by atoms with Crippen LogP contribution in [0.3, 0.4) is 0 Å². The summed E-state index contributed by atoms with van der Waals surface area (Å²) in [6.45, 7) is 15.2. The van der Waals surface area contributed by atoms with E-state index in [1.54, 1.807) is 0 Å². The predicted molar refractivity (Wildman–Crippen MR) is 132 cm³/mol. The lowest BCUT2D eigenvalue weighted by atomic mass is 10.1. The Morgan fingerprint density at radius 2 is 1.03 bits per heavy atom. The highest BCUT2D eigenvalue weighted by Crippen LogP contribution is 2.12. The van der Waals surface area contributed by atoms with Crippen molar-refractivity contribution in [3.63, 3.8) is 0 Å². The molecule has 2 aliphatic rings. The Hall–Kier alpha value is -2.16. The molecule has 0 spiro atoms. The van der Waals surface area contributed by atoms with Gasteiger partial charge in [-0.2, -0.15) is 0 Å². The lowest BCUT2D eigenvalue weighted by Gasteiger charge is -2.14. The molecule has 0 bridgehead atoms. The van der Waals surface area contributed by atoms with Gasteiger partial charge >= 0.3 is 0 Å². The average Bonchev–Trinajstić information content (AvgIpc) is 3.51. The zero-order valence-electron chi connectivity index (χ0n) is 18.6. The first-order chi connectivity index (χ1) is 14.8. The number of benzene rings is 2. The third-order valence-corrected chi connectivity index (χ3v) is 6.20. The number of hydrogen-bond donors (Lipinski definition) is 0. The molecule has 0 amide bonds. The van der Waals surface area contributed by atoms with E-state index in [1.807, 2.05) is 12.2 Å². The summed E-state index contributed by atoms with van der Waals surface area (Å²) in [5.41, 5.74) is 5.32. The second-order valence-electron chi connectivity index (χ2n) is 8.50. The monoisotopic (exact) mass is 402 g/mol. The summed E-state index contributed by atoms with van der Waals surface area (Å²) in [6.07, 6.45) is 11.7. The Labute approximate surface area is 183 Å². The van der Waals surface area contributed by atoms with Gasteiger partial charge in [0.25, 0.3) is 0 Å². The minimum Gasteiger partial charge on any atom is -0.303 e. The molecule has 0 aromatic heterocycles. The van der Waals surface area contributed by atoms with Crippen molar-refractivity contribution < 1.29 is 0 Å². The second kappa shape index (κ2) is 12.5. The molecule has 0 saturated carbocycles. The van der Waals surface area contributed by atoms with Crippen molar-refractivity contribution in [2.24, 2.45) is 0 Å². The van der Waals surface area contributed by atoms with Gasteiger partial charge < -0.3 is 9.80 Å². The van der Waals surface area contributed by atoms with Gasteiger partial charge in [-0.1, -0.05) is 73.8 Å². The van der Waals surface area contributed by atoms with Crippen molar-refractivity contribution in [3.8, 4) is 0 Å². The van der Waals surface area contributed by atoms with Crippen LogP contribution in [0.5, 0.6) is 0 Å². The summed E-state index contributed by atoms with van der Waals surface area (Å²) in [7, 11) is 0. The molecule has 30 heavy (non-hydrogen) atoms. The van der Waals surface area contributed by atoms with E-state index in [4.69, 9.17) is 0 Å². The summed E-state index contributed by atoms with van der Waals surface area (Å²) in [4.78, 5) is 5.11. The molecule has 0 unspecified atom stereocenters. The van der Waals surface area contributed by atoms with Crippen molar-refractivity contribution >= 4 is 12.2 Å². The van der Waals surface area contributed by atoms with Gasteiger partial charge in [-0.3, -0.25) is 0 Å². The molecule has 0 radical (unpaired) electrons. The molecule has 2 heteroatoms. The van der Waals surface area contributed by atoms with Gasteiger partial charge in [0.15, 0.2) is 0 Å². The zero-order chi connectivity index (χ0) is 21.0. The maximum Gasteiger partial charge on any atom is 0.00218 e. The fraction of sp³-hybridized carbons (Fsp3) is 0.429. The molecule has 2 aromatic rings. The maximum absolute atomic E-state index is 3.80. The molecule has 0 atom stereocenters. The Bertz CT molecular complexity index is 715. The van der Waals surface area contributed by atoms with Crippen LogP contribution in [-0.2, 0) is 12.8 Å². The number of rotatable bonds is 8. The van der Waals surface area contributed by atoms with Gasteiger partial charge in [0.05, 0.1) is 0 Å². The summed E-state index contributed by atoms with van der Waals surface area (Å²) in [5, 5.41) is 0. The summed E-state index contributed by atoms with van der Waals surface area (Å²) in [6, 6.07) is 17.4. The van der Waals surface area contributed by atoms with Gasteiger partial charge in [-0.05, 0) is 87.0 Å². The third-order valence-electron chi connectivity index (χ3n) is 6.20. The molecular formula is C28H38N2. The number of likely N-dealkylation sites (tertiary alicyclic amines) is 2. The summed E-state index contributed by atoms with van der Waals surface area (Å²) < 4.78 is 0. The Balaban J connectivity index is 0.000000171. The van der Waals surface area contributed by atoms with Crippen LogP contribution in [0.4, 0.5) is 0 Å². The molecule has 2 nitrogen and oxygen atoms in total. The van der Waals surface area contributed by atoms with Crippen LogP contribution in [0.25, 0.3) is 12.2 Å². The van der Waals surface area contributed by atoms with E-state index >= 15 is 0 Å². The highest BCUT2D eigenvalue weighted by molar-refractivity contribution is 5.48. The molecule has 2 aromatic carbocycles. The highest BCUT2D eigenvalue weighted by Gasteiger charge is 2.11. The van der Waals surface area contributed by atoms with Crippen molar-refractivity contribution in [1.82, 2.24) is 9.80 Å². The first-order valence-corrected chi connectivity index (χ1v) is 11.6. The third kappa shape index (κ3) is 7.59. The van der Waals surface area contributed by atoms with Gasteiger partial charge in [0.2, 0.25) is 0 Å². The van der Waals surface area contributed by atoms with Crippen molar-refractivity contribution in [1.29, 1.82) is 0 Å². The normalized spacial score (nSPS) is 16.8. The molecule has 2 heterocycles. The average molecular weight is 403 g/mol. The summed E-state index contributed by atoms with van der Waals surface area (Å²) in [5.74, 6) is 0. The van der Waals surface area contributed by atoms with Crippen molar-refractivity contribution in [2.75, 3.05) is 39.3 Å². The lowest BCUT2D eigenvalue weighted by Crippen LogP contribution is -2.21. The fourth-order valence-corrected chi connectivity index (χ4v) is 4.34. The Morgan fingerprint density at radius 3 is 1.40 bits per heavy atom. The zero-order valence-corrected chi connectivity index (χ0v) is 18.6. The summed E-state index contributed by atoms with van der Waals surface area (Å²) >= 11 is 0. The van der Waals surface area contributed by atoms with Crippen LogP contribution in [0, 0.1) is 0 Å². The molecule has 0 N–H and O–H groups in total. The smallest absolute Gasteiger partial charge is 0.00218 e. The van der Waals surface area contributed by atoms with Gasteiger partial charge in [-0.15, -0.1) is 0 Å². The number of nitrogens with zero attached hydrogens (tertiary/aromatic N) is 2. The lowest BCUT2D eigenvalue weighted by molar-refractivity contribution is 0.343. The van der Waals surface area contributed by atoms with Crippen LogP contribution in [-0.4, -0.2) is 49.1 Å². The molecule has 2 aliphatic heterocycles. The minimum atomic E-state index is 1.17. The minimum absolute atomic E-state index is 1.17. The van der Waals surface area contributed by atoms with Crippen molar-refractivity contribution in [3.05, 3.63) is 83.9 Å². The standard InChI is InChI=1S/2C14H19N/c2*1-2-13-6-5-7-14(12-13)8-11-15-9-3-4-10-15/h2*2,5-7,12H,1,3-4,8-11H2. The van der Waals surface area contributed by atoms with Crippen LogP contribution in [0.1, 0.15) is 47.9 Å². The highest BCUT2D eigenvalue weighted by atomic mass is 15.1. The van der Waals surface area contributed by atoms with Gasteiger partial charge in [0.1, 0.15) is 0 Å². The number of hydrogen-bond acceptors (Lipinski definition) is 2.